The number of carbonyl (C=O) groups is 1. The molecule has 0 saturated carbocycles. The molecule has 0 spiro atoms. The smallest absolute Gasteiger partial charge is 0.267 e. The lowest BCUT2D eigenvalue weighted by Gasteiger charge is -2.39. The molecule has 3 N–H and O–H groups in total. The van der Waals surface area contributed by atoms with E-state index in [1.54, 1.807) is 13.4 Å². The molecule has 4 aromatic rings. The van der Waals surface area contributed by atoms with Crippen LogP contribution in [0.2, 0.25) is 0 Å². The SMILES string of the molecule is COc1cccc2c(COc3cccc4[nH]c(C(=O)NC5CCN(C[C@H](C)N6CCC(O)CC6)CC5)cc34)coc12.Cl.Cl. The third-order valence-electron chi connectivity index (χ3n) is 8.68. The molecule has 234 valence electrons. The van der Waals surface area contributed by atoms with Crippen molar-refractivity contribution < 1.29 is 23.8 Å². The topological polar surface area (TPSA) is 103 Å². The molecule has 2 aromatic heterocycles. The minimum Gasteiger partial charge on any atom is -0.493 e. The van der Waals surface area contributed by atoms with Crippen LogP contribution in [0.15, 0.2) is 53.1 Å². The number of methoxy groups -OCH3 is 1. The molecule has 2 aliphatic rings. The molecular weight excluding hydrogens is 591 g/mol. The number of nitrogens with one attached hydrogen (secondary N) is 2. The predicted octanol–water partition coefficient (Wildman–Crippen LogP) is 5.38. The quantitative estimate of drug-likeness (QED) is 0.227. The highest BCUT2D eigenvalue weighted by Gasteiger charge is 2.26. The number of aromatic amines is 1. The van der Waals surface area contributed by atoms with Gasteiger partial charge in [-0.15, -0.1) is 24.8 Å². The third-order valence-corrected chi connectivity index (χ3v) is 8.68. The Bertz CT molecular complexity index is 1490. The highest BCUT2D eigenvalue weighted by atomic mass is 35.5. The predicted molar refractivity (Wildman–Crippen MR) is 173 cm³/mol. The van der Waals surface area contributed by atoms with E-state index in [0.717, 1.165) is 80.3 Å². The van der Waals surface area contributed by atoms with Crippen LogP contribution < -0.4 is 14.8 Å². The van der Waals surface area contributed by atoms with Crippen molar-refractivity contribution in [2.24, 2.45) is 0 Å². The summed E-state index contributed by atoms with van der Waals surface area (Å²) in [5, 5.41) is 14.9. The molecule has 2 saturated heterocycles. The molecule has 9 nitrogen and oxygen atoms in total. The second-order valence-electron chi connectivity index (χ2n) is 11.5. The number of nitrogens with zero attached hydrogens (tertiary/aromatic N) is 2. The number of carbonyl (C=O) groups excluding carboxylic acids is 1. The Labute approximate surface area is 264 Å². The standard InChI is InChI=1S/C32H40N4O5.2ClH/c1-21(36-15-11-24(37)12-16-36)18-35-13-9-23(10-14-35)33-32(38)28-17-26-27(34-28)6-4-7-29(26)40-19-22-20-41-31-25(22)5-3-8-30(31)39-2;;/h3-8,17,20-21,23-24,34,37H,9-16,18-19H2,1-2H3,(H,33,38);2*1H/t21-;;/m0../s1. The van der Waals surface area contributed by atoms with E-state index in [4.69, 9.17) is 13.9 Å². The van der Waals surface area contributed by atoms with Crippen LogP contribution >= 0.6 is 24.8 Å². The fourth-order valence-corrected chi connectivity index (χ4v) is 6.23. The second kappa shape index (κ2) is 14.7. The first-order chi connectivity index (χ1) is 20.0. The first kappa shape index (κ1) is 33.0. The molecule has 2 aliphatic heterocycles. The molecule has 11 heteroatoms. The van der Waals surface area contributed by atoms with Gasteiger partial charge < -0.3 is 34.2 Å². The lowest BCUT2D eigenvalue weighted by molar-refractivity contribution is 0.0497. The molecule has 0 radical (unpaired) electrons. The number of hydrogen-bond acceptors (Lipinski definition) is 7. The summed E-state index contributed by atoms with van der Waals surface area (Å²) in [5.41, 5.74) is 3.04. The molecule has 1 amide bonds. The molecule has 2 fully saturated rings. The number of aliphatic hydroxyl groups is 1. The number of likely N-dealkylation sites (tertiary alicyclic amines) is 2. The third kappa shape index (κ3) is 7.41. The Balaban J connectivity index is 0.00000212. The van der Waals surface area contributed by atoms with Crippen molar-refractivity contribution >= 4 is 52.6 Å². The maximum atomic E-state index is 13.2. The summed E-state index contributed by atoms with van der Waals surface area (Å²) in [5.74, 6) is 1.32. The van der Waals surface area contributed by atoms with Crippen LogP contribution in [0.25, 0.3) is 21.9 Å². The first-order valence-electron chi connectivity index (χ1n) is 14.7. The minimum atomic E-state index is -0.137. The fraction of sp³-hybridized carbons (Fsp3) is 0.469. The summed E-state index contributed by atoms with van der Waals surface area (Å²) in [6.07, 6.45) is 5.19. The molecule has 6 rings (SSSR count). The van der Waals surface area contributed by atoms with Gasteiger partial charge in [-0.25, -0.2) is 0 Å². The van der Waals surface area contributed by atoms with Gasteiger partial charge >= 0.3 is 0 Å². The number of rotatable bonds is 9. The number of aromatic nitrogens is 1. The number of piperidine rings is 2. The molecule has 0 unspecified atom stereocenters. The number of amides is 1. The number of ether oxygens (including phenoxy) is 2. The maximum absolute atomic E-state index is 13.2. The fourth-order valence-electron chi connectivity index (χ4n) is 6.23. The van der Waals surface area contributed by atoms with Crippen molar-refractivity contribution in [2.75, 3.05) is 39.8 Å². The van der Waals surface area contributed by atoms with Gasteiger partial charge in [0.25, 0.3) is 5.91 Å². The Morgan fingerprint density at radius 2 is 1.77 bits per heavy atom. The van der Waals surface area contributed by atoms with Crippen molar-refractivity contribution in [1.82, 2.24) is 20.1 Å². The Kier molecular flexibility index (Phi) is 11.3. The highest BCUT2D eigenvalue weighted by molar-refractivity contribution is 5.99. The summed E-state index contributed by atoms with van der Waals surface area (Å²) in [4.78, 5) is 21.5. The Morgan fingerprint density at radius 1 is 1.05 bits per heavy atom. The highest BCUT2D eigenvalue weighted by Crippen LogP contribution is 2.32. The molecule has 1 atom stereocenters. The van der Waals surface area contributed by atoms with Crippen molar-refractivity contribution in [1.29, 1.82) is 0 Å². The van der Waals surface area contributed by atoms with Crippen LogP contribution in [-0.2, 0) is 6.61 Å². The van der Waals surface area contributed by atoms with Crippen molar-refractivity contribution in [2.45, 2.75) is 57.4 Å². The van der Waals surface area contributed by atoms with Gasteiger partial charge in [-0.05, 0) is 56.9 Å². The lowest BCUT2D eigenvalue weighted by Crippen LogP contribution is -2.50. The number of furan rings is 1. The van der Waals surface area contributed by atoms with Crippen LogP contribution in [0.5, 0.6) is 11.5 Å². The summed E-state index contributed by atoms with van der Waals surface area (Å²) in [7, 11) is 1.63. The summed E-state index contributed by atoms with van der Waals surface area (Å²) in [6.45, 7) is 7.56. The van der Waals surface area contributed by atoms with Crippen LogP contribution in [-0.4, -0.2) is 83.8 Å². The van der Waals surface area contributed by atoms with Crippen molar-refractivity contribution in [3.05, 3.63) is 60.0 Å². The van der Waals surface area contributed by atoms with Crippen molar-refractivity contribution in [3.8, 4) is 11.5 Å². The van der Waals surface area contributed by atoms with Gasteiger partial charge in [0.2, 0.25) is 0 Å². The van der Waals surface area contributed by atoms with E-state index in [1.807, 2.05) is 42.5 Å². The molecule has 43 heavy (non-hydrogen) atoms. The number of halogens is 2. The minimum absolute atomic E-state index is 0. The average Bonchev–Trinajstić information content (AvgIpc) is 3.62. The zero-order chi connectivity index (χ0) is 28.3. The van der Waals surface area contributed by atoms with Gasteiger partial charge in [0.05, 0.1) is 19.5 Å². The van der Waals surface area contributed by atoms with Gasteiger partial charge in [0.15, 0.2) is 11.3 Å². The number of H-pyrrole nitrogens is 1. The largest absolute Gasteiger partial charge is 0.493 e. The molecule has 2 aromatic carbocycles. The van der Waals surface area contributed by atoms with Gasteiger partial charge in [0.1, 0.15) is 18.1 Å². The zero-order valence-corrected chi connectivity index (χ0v) is 26.3. The average molecular weight is 634 g/mol. The monoisotopic (exact) mass is 632 g/mol. The Hall–Kier alpha value is -2.95. The summed E-state index contributed by atoms with van der Waals surface area (Å²) < 4.78 is 17.3. The van der Waals surface area contributed by atoms with Crippen LogP contribution in [0.1, 0.15) is 48.7 Å². The van der Waals surface area contributed by atoms with Gasteiger partial charge in [-0.2, -0.15) is 0 Å². The summed E-state index contributed by atoms with van der Waals surface area (Å²) >= 11 is 0. The Morgan fingerprint density at radius 3 is 2.51 bits per heavy atom. The van der Waals surface area contributed by atoms with E-state index in [-0.39, 0.29) is 42.9 Å². The normalized spacial score (nSPS) is 17.7. The summed E-state index contributed by atoms with van der Waals surface area (Å²) in [6, 6.07) is 14.1. The molecule has 0 aliphatic carbocycles. The van der Waals surface area contributed by atoms with E-state index in [0.29, 0.717) is 35.4 Å². The van der Waals surface area contributed by atoms with Crippen LogP contribution in [0.3, 0.4) is 0 Å². The molecule has 0 bridgehead atoms. The van der Waals surface area contributed by atoms with E-state index in [1.165, 1.54) is 0 Å². The number of hydrogen-bond donors (Lipinski definition) is 3. The van der Waals surface area contributed by atoms with Crippen LogP contribution in [0.4, 0.5) is 0 Å². The zero-order valence-electron chi connectivity index (χ0n) is 24.7. The number of fused-ring (bicyclic) bond motifs is 2. The van der Waals surface area contributed by atoms with E-state index in [9.17, 15) is 9.90 Å². The van der Waals surface area contributed by atoms with Crippen LogP contribution in [0, 0.1) is 0 Å². The van der Waals surface area contributed by atoms with Gasteiger partial charge in [-0.1, -0.05) is 18.2 Å². The van der Waals surface area contributed by atoms with E-state index < -0.39 is 0 Å². The molecular formula is C32H42Cl2N4O5. The van der Waals surface area contributed by atoms with Gasteiger partial charge in [-0.3, -0.25) is 9.69 Å². The second-order valence-corrected chi connectivity index (χ2v) is 11.5. The number of aliphatic hydroxyl groups excluding tert-OH is 1. The van der Waals surface area contributed by atoms with Crippen molar-refractivity contribution in [3.63, 3.8) is 0 Å². The number of para-hydroxylation sites is 1. The number of benzene rings is 2. The molecule has 4 heterocycles. The van der Waals surface area contributed by atoms with Gasteiger partial charge in [0, 0.05) is 66.7 Å². The lowest BCUT2D eigenvalue weighted by atomic mass is 10.0. The maximum Gasteiger partial charge on any atom is 0.267 e. The van der Waals surface area contributed by atoms with E-state index >= 15 is 0 Å². The van der Waals surface area contributed by atoms with E-state index in [2.05, 4.69) is 27.0 Å². The first-order valence-corrected chi connectivity index (χ1v) is 14.7.